The molecule has 0 aliphatic carbocycles. The fourth-order valence-electron chi connectivity index (χ4n) is 6.13. The molecule has 6 aromatic carbocycles. The first kappa shape index (κ1) is 25.3. The third-order valence-corrected chi connectivity index (χ3v) is 8.41. The van der Waals surface area contributed by atoms with Crippen LogP contribution in [0.4, 0.5) is 0 Å². The molecule has 5 heteroatoms. The van der Waals surface area contributed by atoms with Gasteiger partial charge in [0, 0.05) is 33.7 Å². The van der Waals surface area contributed by atoms with E-state index < -0.39 is 0 Å². The summed E-state index contributed by atoms with van der Waals surface area (Å²) in [4.78, 5) is 19.4. The summed E-state index contributed by atoms with van der Waals surface area (Å²) in [7, 11) is 0. The maximum Gasteiger partial charge on any atom is 0.164 e. The number of furan rings is 1. The molecule has 0 aliphatic heterocycles. The zero-order chi connectivity index (χ0) is 29.7. The lowest BCUT2D eigenvalue weighted by Gasteiger charge is -2.10. The number of benzene rings is 6. The van der Waals surface area contributed by atoms with E-state index >= 15 is 0 Å². The summed E-state index contributed by atoms with van der Waals surface area (Å²) in [6.45, 7) is 0. The first-order chi connectivity index (χ1) is 22.3. The van der Waals surface area contributed by atoms with E-state index in [1.165, 1.54) is 21.7 Å². The van der Waals surface area contributed by atoms with Gasteiger partial charge in [0.25, 0.3) is 0 Å². The summed E-state index contributed by atoms with van der Waals surface area (Å²) in [5.74, 6) is 1.82. The number of hydrogen-bond acceptors (Lipinski definition) is 5. The molecule has 9 rings (SSSR count). The fraction of sp³-hybridized carbons (Fsp3) is 0. The molecule has 45 heavy (non-hydrogen) atoms. The fourth-order valence-corrected chi connectivity index (χ4v) is 6.13. The zero-order valence-corrected chi connectivity index (χ0v) is 24.1. The maximum absolute atomic E-state index is 6.14. The Labute approximate surface area is 258 Å². The van der Waals surface area contributed by atoms with Crippen LogP contribution in [0.25, 0.3) is 88.8 Å². The number of rotatable bonds is 4. The summed E-state index contributed by atoms with van der Waals surface area (Å²) >= 11 is 0. The summed E-state index contributed by atoms with van der Waals surface area (Å²) in [5, 5.41) is 6.69. The van der Waals surface area contributed by atoms with Crippen molar-refractivity contribution in [3.8, 4) is 45.3 Å². The van der Waals surface area contributed by atoms with Crippen LogP contribution in [-0.4, -0.2) is 19.9 Å². The van der Waals surface area contributed by atoms with Crippen molar-refractivity contribution in [2.75, 3.05) is 0 Å². The highest BCUT2D eigenvalue weighted by Gasteiger charge is 2.18. The van der Waals surface area contributed by atoms with Gasteiger partial charge in [-0.05, 0) is 56.9 Å². The molecule has 0 amide bonds. The predicted molar refractivity (Wildman–Crippen MR) is 182 cm³/mol. The lowest BCUT2D eigenvalue weighted by Crippen LogP contribution is -2.00. The molecule has 3 heterocycles. The minimum atomic E-state index is 0.590. The minimum Gasteiger partial charge on any atom is -0.454 e. The topological polar surface area (TPSA) is 64.7 Å². The second kappa shape index (κ2) is 10.2. The quantitative estimate of drug-likeness (QED) is 0.209. The molecule has 0 unspecified atom stereocenters. The molecule has 0 atom stereocenters. The Morgan fingerprint density at radius 2 is 1.02 bits per heavy atom. The van der Waals surface area contributed by atoms with Crippen molar-refractivity contribution < 1.29 is 4.42 Å². The van der Waals surface area contributed by atoms with Crippen LogP contribution in [0.2, 0.25) is 0 Å². The molecule has 5 nitrogen and oxygen atoms in total. The lowest BCUT2D eigenvalue weighted by atomic mass is 10.00. The van der Waals surface area contributed by atoms with Crippen molar-refractivity contribution in [2.24, 2.45) is 0 Å². The van der Waals surface area contributed by atoms with E-state index in [1.54, 1.807) is 12.4 Å². The summed E-state index contributed by atoms with van der Waals surface area (Å²) in [5.41, 5.74) is 6.53. The van der Waals surface area contributed by atoms with Gasteiger partial charge in [-0.1, -0.05) is 109 Å². The van der Waals surface area contributed by atoms with Crippen LogP contribution in [0.3, 0.4) is 0 Å². The van der Waals surface area contributed by atoms with E-state index in [2.05, 4.69) is 102 Å². The molecular weight excluding hydrogens is 552 g/mol. The molecule has 9 aromatic rings. The van der Waals surface area contributed by atoms with Crippen molar-refractivity contribution in [3.63, 3.8) is 0 Å². The maximum atomic E-state index is 6.14. The van der Waals surface area contributed by atoms with Crippen molar-refractivity contribution in [1.82, 2.24) is 19.9 Å². The van der Waals surface area contributed by atoms with E-state index in [0.29, 0.717) is 17.5 Å². The van der Waals surface area contributed by atoms with Gasteiger partial charge in [0.1, 0.15) is 5.58 Å². The molecule has 0 radical (unpaired) electrons. The Hall–Kier alpha value is -6.20. The van der Waals surface area contributed by atoms with E-state index in [9.17, 15) is 0 Å². The smallest absolute Gasteiger partial charge is 0.164 e. The number of hydrogen-bond donors (Lipinski definition) is 0. The summed E-state index contributed by atoms with van der Waals surface area (Å²) < 4.78 is 6.14. The van der Waals surface area contributed by atoms with Gasteiger partial charge in [0.15, 0.2) is 23.1 Å². The Morgan fingerprint density at radius 1 is 0.422 bits per heavy atom. The average molecular weight is 577 g/mol. The average Bonchev–Trinajstić information content (AvgIpc) is 3.50. The molecular formula is C40H24N4O. The molecule has 0 bridgehead atoms. The van der Waals surface area contributed by atoms with Gasteiger partial charge >= 0.3 is 0 Å². The molecule has 0 saturated heterocycles. The van der Waals surface area contributed by atoms with Crippen LogP contribution in [-0.2, 0) is 0 Å². The van der Waals surface area contributed by atoms with E-state index in [-0.39, 0.29) is 0 Å². The Morgan fingerprint density at radius 3 is 1.78 bits per heavy atom. The van der Waals surface area contributed by atoms with Crippen LogP contribution in [0.15, 0.2) is 150 Å². The van der Waals surface area contributed by atoms with Crippen molar-refractivity contribution in [3.05, 3.63) is 146 Å². The molecule has 3 aromatic heterocycles. The van der Waals surface area contributed by atoms with Crippen LogP contribution >= 0.6 is 0 Å². The molecule has 210 valence electrons. The van der Waals surface area contributed by atoms with Gasteiger partial charge in [0.05, 0.1) is 6.20 Å². The highest BCUT2D eigenvalue weighted by Crippen LogP contribution is 2.36. The first-order valence-corrected chi connectivity index (χ1v) is 14.9. The van der Waals surface area contributed by atoms with E-state index in [4.69, 9.17) is 19.4 Å². The van der Waals surface area contributed by atoms with Crippen LogP contribution < -0.4 is 0 Å². The highest BCUT2D eigenvalue weighted by atomic mass is 16.3. The van der Waals surface area contributed by atoms with Gasteiger partial charge in [-0.15, -0.1) is 0 Å². The van der Waals surface area contributed by atoms with Gasteiger partial charge in [0.2, 0.25) is 0 Å². The Kier molecular flexibility index (Phi) is 5.74. The van der Waals surface area contributed by atoms with Gasteiger partial charge in [-0.2, -0.15) is 0 Å². The molecule has 0 spiro atoms. The third-order valence-electron chi connectivity index (χ3n) is 8.41. The van der Waals surface area contributed by atoms with Crippen LogP contribution in [0.5, 0.6) is 0 Å². The lowest BCUT2D eigenvalue weighted by molar-refractivity contribution is 0.667. The second-order valence-electron chi connectivity index (χ2n) is 11.2. The van der Waals surface area contributed by atoms with E-state index in [1.807, 2.05) is 36.4 Å². The standard InChI is InChI=1S/C40H24N4O/c1-3-8-29-22-31(18-14-25(29)6-1)27-12-16-28(17-13-27)38-42-39(32-19-15-26-7-2-4-9-30(26)23-32)44-40(43-38)34-10-5-11-35-37(34)33-20-21-41-24-36(33)45-35/h1-24H. The molecule has 0 saturated carbocycles. The van der Waals surface area contributed by atoms with Crippen LogP contribution in [0.1, 0.15) is 0 Å². The summed E-state index contributed by atoms with van der Waals surface area (Å²) in [6.07, 6.45) is 3.53. The van der Waals surface area contributed by atoms with Crippen molar-refractivity contribution >= 4 is 43.5 Å². The number of nitrogens with zero attached hydrogens (tertiary/aromatic N) is 4. The zero-order valence-electron chi connectivity index (χ0n) is 24.1. The van der Waals surface area contributed by atoms with Gasteiger partial charge in [-0.25, -0.2) is 15.0 Å². The normalized spacial score (nSPS) is 11.6. The van der Waals surface area contributed by atoms with Crippen molar-refractivity contribution in [1.29, 1.82) is 0 Å². The third kappa shape index (κ3) is 4.41. The molecule has 0 aliphatic rings. The van der Waals surface area contributed by atoms with Crippen LogP contribution in [0, 0.1) is 0 Å². The first-order valence-electron chi connectivity index (χ1n) is 14.9. The largest absolute Gasteiger partial charge is 0.454 e. The second-order valence-corrected chi connectivity index (χ2v) is 11.2. The van der Waals surface area contributed by atoms with E-state index in [0.717, 1.165) is 49.6 Å². The number of pyridine rings is 1. The monoisotopic (exact) mass is 576 g/mol. The van der Waals surface area contributed by atoms with Crippen molar-refractivity contribution in [2.45, 2.75) is 0 Å². The minimum absolute atomic E-state index is 0.590. The number of aromatic nitrogens is 4. The Bertz CT molecular complexity index is 2550. The molecule has 0 fully saturated rings. The number of fused-ring (bicyclic) bond motifs is 5. The SMILES string of the molecule is c1ccc2cc(-c3ccc(-c4nc(-c5ccc6ccccc6c5)nc(-c5cccc6oc7cnccc7c56)n4)cc3)ccc2c1. The van der Waals surface area contributed by atoms with Gasteiger partial charge < -0.3 is 4.42 Å². The summed E-state index contributed by atoms with van der Waals surface area (Å²) in [6, 6.07) is 46.1. The highest BCUT2D eigenvalue weighted by molar-refractivity contribution is 6.11. The predicted octanol–water partition coefficient (Wildman–Crippen LogP) is 10.1. The Balaban J connectivity index is 1.21. The molecule has 0 N–H and O–H groups in total. The van der Waals surface area contributed by atoms with Gasteiger partial charge in [-0.3, -0.25) is 4.98 Å².